The SMILES string of the molecule is Cc1cc(-c2c(C)cccc2C)[n+](C)cc1C.Cc1ccc(C)c(-c2cc(C)c(C)c[n+]2C)c1.Cc1cccc(-c2c(C)ccc(C)[n+]2C)c1C.[2H]C([2H])([2H])c1c(C)cc(-c2c(C)cccc2C)[n+](C)c1C.[2H]C([2H])([2H])c1c[n+](C)c(-c2cc(C)ccc2C)cc1C. The van der Waals surface area contributed by atoms with Crippen molar-refractivity contribution in [3.63, 3.8) is 0 Å². The topological polar surface area (TPSA) is 19.4 Å². The van der Waals surface area contributed by atoms with Crippen molar-refractivity contribution in [2.75, 3.05) is 0 Å². The number of benzene rings is 5. The van der Waals surface area contributed by atoms with Gasteiger partial charge in [0, 0.05) is 96.9 Å². The molecule has 5 aromatic carbocycles. The van der Waals surface area contributed by atoms with E-state index in [0.717, 1.165) is 33.8 Å². The molecule has 5 aromatic heterocycles. The molecule has 0 atom stereocenters. The quantitative estimate of drug-likeness (QED) is 0.153. The summed E-state index contributed by atoms with van der Waals surface area (Å²) in [4.78, 5) is 0. The van der Waals surface area contributed by atoms with Gasteiger partial charge in [0.1, 0.15) is 35.2 Å². The second-order valence-electron chi connectivity index (χ2n) is 24.4. The van der Waals surface area contributed by atoms with Crippen molar-refractivity contribution in [3.05, 3.63) is 263 Å². The van der Waals surface area contributed by atoms with Crippen LogP contribution < -0.4 is 22.8 Å². The van der Waals surface area contributed by atoms with Gasteiger partial charge in [0.25, 0.3) is 0 Å². The first-order chi connectivity index (χ1) is 42.8. The van der Waals surface area contributed by atoms with Gasteiger partial charge >= 0.3 is 0 Å². The van der Waals surface area contributed by atoms with Crippen LogP contribution in [0.5, 0.6) is 0 Å². The van der Waals surface area contributed by atoms with E-state index in [-0.39, 0.29) is 0 Å². The third-order valence-corrected chi connectivity index (χ3v) is 17.4. The van der Waals surface area contributed by atoms with Crippen molar-refractivity contribution >= 4 is 0 Å². The van der Waals surface area contributed by atoms with Crippen molar-refractivity contribution in [2.24, 2.45) is 35.2 Å². The molecule has 86 heavy (non-hydrogen) atoms. The fourth-order valence-electron chi connectivity index (χ4n) is 11.3. The first-order valence-corrected chi connectivity index (χ1v) is 30.1. The molecule has 0 fully saturated rings. The summed E-state index contributed by atoms with van der Waals surface area (Å²) >= 11 is 0. The van der Waals surface area contributed by atoms with Crippen LogP contribution in [0.3, 0.4) is 0 Å². The first kappa shape index (κ1) is 58.2. The van der Waals surface area contributed by atoms with Crippen LogP contribution in [0, 0.1) is 145 Å². The summed E-state index contributed by atoms with van der Waals surface area (Å²) in [6.45, 7) is 35.8. The Balaban J connectivity index is 0.000000183. The Morgan fingerprint density at radius 3 is 1.15 bits per heavy atom. The molecule has 0 radical (unpaired) electrons. The van der Waals surface area contributed by atoms with Gasteiger partial charge in [0.2, 0.25) is 28.5 Å². The number of aromatic nitrogens is 5. The Hall–Kier alpha value is -8.15. The van der Waals surface area contributed by atoms with Crippen LogP contribution in [0.4, 0.5) is 0 Å². The fraction of sp³-hybridized carbons (Fsp3) is 0.321. The maximum Gasteiger partial charge on any atom is 0.215 e. The minimum Gasteiger partial charge on any atom is -0.201 e. The van der Waals surface area contributed by atoms with Crippen LogP contribution in [0.15, 0.2) is 146 Å². The normalized spacial score (nSPS) is 12.0. The van der Waals surface area contributed by atoms with E-state index in [1.165, 1.54) is 128 Å². The van der Waals surface area contributed by atoms with Crippen LogP contribution in [0.1, 0.15) is 125 Å². The predicted molar refractivity (Wildman–Crippen MR) is 365 cm³/mol. The number of aryl methyl sites for hydroxylation is 21. The molecule has 0 saturated heterocycles. The lowest BCUT2D eigenvalue weighted by molar-refractivity contribution is -0.667. The van der Waals surface area contributed by atoms with E-state index >= 15 is 0 Å². The molecule has 446 valence electrons. The van der Waals surface area contributed by atoms with Crippen LogP contribution in [-0.4, -0.2) is 0 Å². The predicted octanol–water partition coefficient (Wildman–Crippen LogP) is 17.4. The van der Waals surface area contributed by atoms with Crippen molar-refractivity contribution in [1.29, 1.82) is 0 Å². The van der Waals surface area contributed by atoms with Gasteiger partial charge in [-0.05, 0) is 222 Å². The lowest BCUT2D eigenvalue weighted by Crippen LogP contribution is -2.36. The summed E-state index contributed by atoms with van der Waals surface area (Å²) in [6.07, 6.45) is 6.13. The lowest BCUT2D eigenvalue weighted by Gasteiger charge is -2.12. The second kappa shape index (κ2) is 28.8. The number of nitrogens with zero attached hydrogens (tertiary/aromatic N) is 5. The van der Waals surface area contributed by atoms with E-state index < -0.39 is 13.7 Å². The summed E-state index contributed by atoms with van der Waals surface area (Å²) in [7, 11) is 10.2. The summed E-state index contributed by atoms with van der Waals surface area (Å²) in [5, 5.41) is 0. The summed E-state index contributed by atoms with van der Waals surface area (Å²) < 4.78 is 56.5. The van der Waals surface area contributed by atoms with E-state index in [1.54, 1.807) is 6.20 Å². The average molecular weight is 1150 g/mol. The highest BCUT2D eigenvalue weighted by Gasteiger charge is 2.22. The van der Waals surface area contributed by atoms with Gasteiger partial charge in [-0.3, -0.25) is 0 Å². The van der Waals surface area contributed by atoms with Gasteiger partial charge in [-0.25, -0.2) is 13.7 Å². The van der Waals surface area contributed by atoms with Gasteiger partial charge in [0.05, 0.1) is 11.1 Å². The third kappa shape index (κ3) is 15.6. The summed E-state index contributed by atoms with van der Waals surface area (Å²) in [5.41, 5.74) is 36.5. The van der Waals surface area contributed by atoms with E-state index in [9.17, 15) is 0 Å². The molecule has 0 unspecified atom stereocenters. The smallest absolute Gasteiger partial charge is 0.201 e. The van der Waals surface area contributed by atoms with E-state index in [1.807, 2.05) is 62.2 Å². The van der Waals surface area contributed by atoms with Crippen LogP contribution in [-0.2, 0) is 35.2 Å². The van der Waals surface area contributed by atoms with Crippen molar-refractivity contribution < 1.29 is 31.1 Å². The largest absolute Gasteiger partial charge is 0.215 e. The standard InChI is InChI=1S/C17H22N.4C16H20N/c1-11-8-7-9-12(2)17(11)16-10-13(3)14(4)15(5)18(16)6;2*1-11-6-7-12(2)15(8-11)16-9-13(3)14(4)10-17(16)5;1-11-7-6-8-12(2)16(11)15-9-13(3)14(4)10-17(15)5;1-11-7-6-8-15(14(11)4)16-12(2)9-10-13(3)17(16)5/h7-10H,1-6H3;4*6-10H,1-5H3/q5*+1/i2*4D3;;;. The van der Waals surface area contributed by atoms with Crippen molar-refractivity contribution in [3.8, 4) is 56.3 Å². The van der Waals surface area contributed by atoms with Crippen molar-refractivity contribution in [1.82, 2.24) is 0 Å². The second-order valence-corrected chi connectivity index (χ2v) is 24.4. The molecule has 5 heterocycles. The molecule has 10 rings (SSSR count). The molecule has 0 aliphatic heterocycles. The Bertz CT molecular complexity index is 4320. The maximum absolute atomic E-state index is 7.73. The molecule has 0 aliphatic rings. The highest BCUT2D eigenvalue weighted by molar-refractivity contribution is 5.69. The van der Waals surface area contributed by atoms with Gasteiger partial charge in [0.15, 0.2) is 30.0 Å². The highest BCUT2D eigenvalue weighted by Crippen LogP contribution is 2.30. The third-order valence-electron chi connectivity index (χ3n) is 17.4. The van der Waals surface area contributed by atoms with Gasteiger partial charge in [-0.2, -0.15) is 9.13 Å². The van der Waals surface area contributed by atoms with Gasteiger partial charge in [-0.15, -0.1) is 0 Å². The molecular formula is C81H102N5+5. The number of hydrogen-bond donors (Lipinski definition) is 0. The highest BCUT2D eigenvalue weighted by atomic mass is 15.0. The molecule has 5 nitrogen and oxygen atoms in total. The van der Waals surface area contributed by atoms with Crippen LogP contribution in [0.25, 0.3) is 56.3 Å². The number of pyridine rings is 5. The first-order valence-electron chi connectivity index (χ1n) is 33.1. The van der Waals surface area contributed by atoms with Gasteiger partial charge in [-0.1, -0.05) is 83.9 Å². The molecule has 0 N–H and O–H groups in total. The minimum atomic E-state index is -2.08. The molecule has 0 spiro atoms. The van der Waals surface area contributed by atoms with Gasteiger partial charge < -0.3 is 0 Å². The Morgan fingerprint density at radius 2 is 0.674 bits per heavy atom. The van der Waals surface area contributed by atoms with E-state index in [2.05, 4.69) is 267 Å². The number of hydrogen-bond acceptors (Lipinski definition) is 0. The Labute approximate surface area is 528 Å². The monoisotopic (exact) mass is 1150 g/mol. The minimum absolute atomic E-state index is 0.411. The molecule has 0 saturated carbocycles. The summed E-state index contributed by atoms with van der Waals surface area (Å²) in [5.74, 6) is 0. The molecule has 0 bridgehead atoms. The molecule has 0 amide bonds. The van der Waals surface area contributed by atoms with Crippen LogP contribution >= 0.6 is 0 Å². The Morgan fingerprint density at radius 1 is 0.279 bits per heavy atom. The zero-order chi connectivity index (χ0) is 68.8. The average Bonchev–Trinajstić information content (AvgIpc) is 0.796. The molecule has 5 heteroatoms. The zero-order valence-corrected chi connectivity index (χ0v) is 56.6. The summed E-state index contributed by atoms with van der Waals surface area (Å²) in [6, 6.07) is 45.0. The Kier molecular flexibility index (Phi) is 19.5. The van der Waals surface area contributed by atoms with E-state index in [0.29, 0.717) is 11.1 Å². The lowest BCUT2D eigenvalue weighted by atomic mass is 9.96. The molecule has 10 aromatic rings. The maximum atomic E-state index is 7.73. The number of rotatable bonds is 5. The van der Waals surface area contributed by atoms with Crippen molar-refractivity contribution in [2.45, 2.75) is 145 Å². The zero-order valence-electron chi connectivity index (χ0n) is 62.6. The van der Waals surface area contributed by atoms with E-state index in [4.69, 9.17) is 8.22 Å². The van der Waals surface area contributed by atoms with Crippen LogP contribution in [0.2, 0.25) is 0 Å². The molecular weight excluding hydrogens is 1040 g/mol. The fourth-order valence-corrected chi connectivity index (χ4v) is 11.3. The molecule has 0 aliphatic carbocycles.